The molecular weight excluding hydrogens is 264 g/mol. The molecule has 19 heavy (non-hydrogen) atoms. The molecule has 1 saturated heterocycles. The van der Waals surface area contributed by atoms with Crippen molar-refractivity contribution in [3.63, 3.8) is 0 Å². The van der Waals surface area contributed by atoms with Gasteiger partial charge in [0.2, 0.25) is 5.91 Å². The first-order valence-electron chi connectivity index (χ1n) is 6.53. The predicted molar refractivity (Wildman–Crippen MR) is 75.3 cm³/mol. The first-order valence-corrected chi connectivity index (χ1v) is 7.41. The van der Waals surface area contributed by atoms with E-state index in [9.17, 15) is 4.79 Å². The third-order valence-electron chi connectivity index (χ3n) is 3.14. The number of carbonyl (C=O) groups excluding carboxylic acids is 1. The summed E-state index contributed by atoms with van der Waals surface area (Å²) in [6, 6.07) is 0. The highest BCUT2D eigenvalue weighted by Gasteiger charge is 2.16. The number of aliphatic hydroxyl groups is 1. The number of anilines is 1. The summed E-state index contributed by atoms with van der Waals surface area (Å²) in [6.45, 7) is 5.02. The van der Waals surface area contributed by atoms with Crippen LogP contribution in [0.2, 0.25) is 0 Å². The minimum Gasteiger partial charge on any atom is -0.395 e. The number of hydrogen-bond acceptors (Lipinski definition) is 6. The van der Waals surface area contributed by atoms with E-state index in [1.54, 1.807) is 6.20 Å². The molecule has 0 atom stereocenters. The van der Waals surface area contributed by atoms with Gasteiger partial charge in [0.1, 0.15) is 0 Å². The van der Waals surface area contributed by atoms with E-state index < -0.39 is 0 Å². The number of rotatable bonds is 5. The van der Waals surface area contributed by atoms with Crippen LogP contribution in [0.25, 0.3) is 0 Å². The SMILES string of the molecule is O=C(CN1CCCN(CCO)CC1)Nc1nccs1. The summed E-state index contributed by atoms with van der Waals surface area (Å²) in [5.74, 6) is -0.00874. The van der Waals surface area contributed by atoms with Crippen molar-refractivity contribution < 1.29 is 9.90 Å². The lowest BCUT2D eigenvalue weighted by Crippen LogP contribution is -2.36. The Morgan fingerprint density at radius 3 is 2.89 bits per heavy atom. The number of carbonyl (C=O) groups is 1. The predicted octanol–water partition coefficient (Wildman–Crippen LogP) is 0.0816. The van der Waals surface area contributed by atoms with Gasteiger partial charge in [-0.25, -0.2) is 4.98 Å². The average Bonchev–Trinajstić information content (AvgIpc) is 2.78. The molecule has 1 fully saturated rings. The molecule has 1 amide bonds. The molecule has 1 aromatic heterocycles. The first-order chi connectivity index (χ1) is 9.28. The Balaban J connectivity index is 1.74. The van der Waals surface area contributed by atoms with Gasteiger partial charge in [0.15, 0.2) is 5.13 Å². The van der Waals surface area contributed by atoms with Crippen molar-refractivity contribution in [3.8, 4) is 0 Å². The van der Waals surface area contributed by atoms with Gasteiger partial charge in [-0.15, -0.1) is 11.3 Å². The fourth-order valence-electron chi connectivity index (χ4n) is 2.19. The second kappa shape index (κ2) is 7.54. The van der Waals surface area contributed by atoms with Crippen LogP contribution in [0.3, 0.4) is 0 Å². The van der Waals surface area contributed by atoms with Gasteiger partial charge < -0.3 is 10.4 Å². The van der Waals surface area contributed by atoms with Crippen LogP contribution < -0.4 is 5.32 Å². The maximum absolute atomic E-state index is 11.9. The smallest absolute Gasteiger partial charge is 0.240 e. The molecular formula is C12H20N4O2S. The van der Waals surface area contributed by atoms with Crippen molar-refractivity contribution in [1.29, 1.82) is 0 Å². The van der Waals surface area contributed by atoms with Crippen LogP contribution >= 0.6 is 11.3 Å². The first kappa shape index (κ1) is 14.4. The van der Waals surface area contributed by atoms with Crippen molar-refractivity contribution >= 4 is 22.4 Å². The van der Waals surface area contributed by atoms with E-state index in [4.69, 9.17) is 5.11 Å². The Bertz CT molecular complexity index is 385. The van der Waals surface area contributed by atoms with E-state index in [1.165, 1.54) is 11.3 Å². The van der Waals surface area contributed by atoms with E-state index in [-0.39, 0.29) is 12.5 Å². The Kier molecular flexibility index (Phi) is 5.71. The number of β-amino-alcohol motifs (C(OH)–C–C–N with tert-alkyl or cyclic N) is 1. The van der Waals surface area contributed by atoms with Gasteiger partial charge in [0.05, 0.1) is 13.2 Å². The van der Waals surface area contributed by atoms with E-state index in [0.29, 0.717) is 11.7 Å². The van der Waals surface area contributed by atoms with Crippen molar-refractivity contribution in [1.82, 2.24) is 14.8 Å². The topological polar surface area (TPSA) is 68.7 Å². The van der Waals surface area contributed by atoms with E-state index in [0.717, 1.165) is 39.1 Å². The summed E-state index contributed by atoms with van der Waals surface area (Å²) in [7, 11) is 0. The maximum Gasteiger partial charge on any atom is 0.240 e. The quantitative estimate of drug-likeness (QED) is 0.801. The minimum absolute atomic E-state index is 0.00874. The van der Waals surface area contributed by atoms with Crippen molar-refractivity contribution in [2.45, 2.75) is 6.42 Å². The number of aliphatic hydroxyl groups excluding tert-OH is 1. The zero-order chi connectivity index (χ0) is 13.5. The molecule has 2 N–H and O–H groups in total. The molecule has 2 rings (SSSR count). The summed E-state index contributed by atoms with van der Waals surface area (Å²) in [4.78, 5) is 20.3. The van der Waals surface area contributed by atoms with Gasteiger partial charge >= 0.3 is 0 Å². The van der Waals surface area contributed by atoms with Crippen molar-refractivity contribution in [3.05, 3.63) is 11.6 Å². The normalized spacial score (nSPS) is 18.2. The number of amides is 1. The lowest BCUT2D eigenvalue weighted by molar-refractivity contribution is -0.117. The Hall–Kier alpha value is -1.02. The highest BCUT2D eigenvalue weighted by atomic mass is 32.1. The van der Waals surface area contributed by atoms with Crippen LogP contribution in [0, 0.1) is 0 Å². The van der Waals surface area contributed by atoms with Crippen LogP contribution in [-0.2, 0) is 4.79 Å². The summed E-state index contributed by atoms with van der Waals surface area (Å²) in [6.07, 6.45) is 2.71. The fraction of sp³-hybridized carbons (Fsp3) is 0.667. The lowest BCUT2D eigenvalue weighted by atomic mass is 10.3. The Morgan fingerprint density at radius 2 is 2.16 bits per heavy atom. The molecule has 0 aromatic carbocycles. The maximum atomic E-state index is 11.9. The molecule has 0 spiro atoms. The van der Waals surface area contributed by atoms with Gasteiger partial charge in [-0.05, 0) is 19.5 Å². The van der Waals surface area contributed by atoms with Crippen LogP contribution in [0.15, 0.2) is 11.6 Å². The number of nitrogens with zero attached hydrogens (tertiary/aromatic N) is 3. The highest BCUT2D eigenvalue weighted by Crippen LogP contribution is 2.10. The standard InChI is InChI=1S/C12H20N4O2S/c17-8-7-15-3-1-4-16(6-5-15)10-11(18)14-12-13-2-9-19-12/h2,9,17H,1,3-8,10H2,(H,13,14,18). The van der Waals surface area contributed by atoms with Gasteiger partial charge in [0.25, 0.3) is 0 Å². The Labute approximate surface area is 117 Å². The number of nitrogens with one attached hydrogen (secondary N) is 1. The molecule has 6 nitrogen and oxygen atoms in total. The van der Waals surface area contributed by atoms with Gasteiger partial charge in [0, 0.05) is 31.2 Å². The number of thiazole rings is 1. The third kappa shape index (κ3) is 4.87. The highest BCUT2D eigenvalue weighted by molar-refractivity contribution is 7.13. The zero-order valence-corrected chi connectivity index (χ0v) is 11.7. The van der Waals surface area contributed by atoms with E-state index in [2.05, 4.69) is 20.1 Å². The van der Waals surface area contributed by atoms with Gasteiger partial charge in [-0.1, -0.05) is 0 Å². The van der Waals surface area contributed by atoms with Crippen molar-refractivity contribution in [2.24, 2.45) is 0 Å². The molecule has 1 aromatic rings. The monoisotopic (exact) mass is 284 g/mol. The van der Waals surface area contributed by atoms with Gasteiger partial charge in [-0.3, -0.25) is 14.6 Å². The fourth-order valence-corrected chi connectivity index (χ4v) is 2.74. The van der Waals surface area contributed by atoms with Crippen LogP contribution in [0.1, 0.15) is 6.42 Å². The molecule has 7 heteroatoms. The molecule has 0 unspecified atom stereocenters. The molecule has 1 aliphatic heterocycles. The third-order valence-corrected chi connectivity index (χ3v) is 3.83. The molecule has 106 valence electrons. The van der Waals surface area contributed by atoms with Crippen molar-refractivity contribution in [2.75, 3.05) is 51.2 Å². The number of aromatic nitrogens is 1. The molecule has 0 saturated carbocycles. The van der Waals surface area contributed by atoms with Crippen LogP contribution in [-0.4, -0.2) is 71.7 Å². The summed E-state index contributed by atoms with van der Waals surface area (Å²) >= 11 is 1.43. The molecule has 1 aliphatic rings. The zero-order valence-electron chi connectivity index (χ0n) is 10.9. The summed E-state index contributed by atoms with van der Waals surface area (Å²) in [5.41, 5.74) is 0. The second-order valence-electron chi connectivity index (χ2n) is 4.58. The largest absolute Gasteiger partial charge is 0.395 e. The Morgan fingerprint density at radius 1 is 1.37 bits per heavy atom. The summed E-state index contributed by atoms with van der Waals surface area (Å²) in [5, 5.41) is 14.2. The number of hydrogen-bond donors (Lipinski definition) is 2. The van der Waals surface area contributed by atoms with E-state index in [1.807, 2.05) is 5.38 Å². The average molecular weight is 284 g/mol. The van der Waals surface area contributed by atoms with Crippen LogP contribution in [0.5, 0.6) is 0 Å². The minimum atomic E-state index is -0.00874. The molecule has 2 heterocycles. The second-order valence-corrected chi connectivity index (χ2v) is 5.47. The summed E-state index contributed by atoms with van der Waals surface area (Å²) < 4.78 is 0. The lowest BCUT2D eigenvalue weighted by Gasteiger charge is -2.20. The molecule has 0 aliphatic carbocycles. The van der Waals surface area contributed by atoms with E-state index >= 15 is 0 Å². The van der Waals surface area contributed by atoms with Crippen LogP contribution in [0.4, 0.5) is 5.13 Å². The van der Waals surface area contributed by atoms with Gasteiger partial charge in [-0.2, -0.15) is 0 Å². The molecule has 0 bridgehead atoms. The molecule has 0 radical (unpaired) electrons.